The zero-order valence-corrected chi connectivity index (χ0v) is 20.8. The minimum atomic E-state index is 0.650. The number of likely N-dealkylation sites (tertiary alicyclic amines) is 1. The third-order valence-corrected chi connectivity index (χ3v) is 7.06. The number of nitrogens with one attached hydrogen (secondary N) is 2. The second-order valence-electron chi connectivity index (χ2n) is 9.52. The summed E-state index contributed by atoms with van der Waals surface area (Å²) in [6.07, 6.45) is 11.5. The van der Waals surface area contributed by atoms with E-state index in [1.165, 1.54) is 12.8 Å². The van der Waals surface area contributed by atoms with Crippen molar-refractivity contribution in [2.24, 2.45) is 0 Å². The van der Waals surface area contributed by atoms with Gasteiger partial charge in [-0.3, -0.25) is 25.0 Å². The molecule has 0 spiro atoms. The third kappa shape index (κ3) is 4.26. The maximum Gasteiger partial charge on any atom is 0.159 e. The summed E-state index contributed by atoms with van der Waals surface area (Å²) >= 11 is 0. The van der Waals surface area contributed by atoms with E-state index in [1.807, 2.05) is 42.6 Å². The molecular weight excluding hydrogens is 476 g/mol. The molecule has 1 fully saturated rings. The number of H-pyrrole nitrogens is 2. The van der Waals surface area contributed by atoms with Gasteiger partial charge in [-0.05, 0) is 61.8 Å². The fourth-order valence-electron chi connectivity index (χ4n) is 5.10. The van der Waals surface area contributed by atoms with E-state index in [1.54, 1.807) is 24.8 Å². The number of nitrogens with zero attached hydrogens (tertiary/aromatic N) is 6. The molecule has 0 bridgehead atoms. The first kappa shape index (κ1) is 22.6. The molecular formula is C29H26N8O. The Kier molecular flexibility index (Phi) is 5.75. The maximum absolute atomic E-state index is 6.01. The van der Waals surface area contributed by atoms with Crippen molar-refractivity contribution < 1.29 is 4.74 Å². The fraction of sp³-hybridized carbons (Fsp3) is 0.207. The monoisotopic (exact) mass is 502 g/mol. The lowest BCUT2D eigenvalue weighted by molar-refractivity contribution is 0.237. The second kappa shape index (κ2) is 9.68. The summed E-state index contributed by atoms with van der Waals surface area (Å²) in [6.45, 7) is 3.91. The van der Waals surface area contributed by atoms with Crippen LogP contribution in [-0.4, -0.2) is 66.3 Å². The molecule has 1 aromatic carbocycles. The number of benzene rings is 1. The first-order chi connectivity index (χ1) is 18.8. The van der Waals surface area contributed by atoms with E-state index in [0.717, 1.165) is 75.4 Å². The fourth-order valence-corrected chi connectivity index (χ4v) is 5.10. The summed E-state index contributed by atoms with van der Waals surface area (Å²) in [5, 5.41) is 8.61. The number of fused-ring (bicyclic) bond motifs is 2. The van der Waals surface area contributed by atoms with Crippen molar-refractivity contribution in [3.63, 3.8) is 0 Å². The Labute approximate surface area is 219 Å². The highest BCUT2D eigenvalue weighted by atomic mass is 16.5. The van der Waals surface area contributed by atoms with Gasteiger partial charge in [0, 0.05) is 41.6 Å². The summed E-state index contributed by atoms with van der Waals surface area (Å²) in [5.74, 6) is 1.44. The van der Waals surface area contributed by atoms with E-state index in [0.29, 0.717) is 12.4 Å². The van der Waals surface area contributed by atoms with Gasteiger partial charge >= 0.3 is 0 Å². The van der Waals surface area contributed by atoms with Crippen LogP contribution in [-0.2, 0) is 0 Å². The van der Waals surface area contributed by atoms with Gasteiger partial charge in [0.1, 0.15) is 18.1 Å². The van der Waals surface area contributed by atoms with Crippen molar-refractivity contribution in [1.29, 1.82) is 0 Å². The Balaban J connectivity index is 1.20. The van der Waals surface area contributed by atoms with Gasteiger partial charge < -0.3 is 9.72 Å². The number of imidazole rings is 1. The van der Waals surface area contributed by atoms with Crippen molar-refractivity contribution in [1.82, 2.24) is 40.0 Å². The smallest absolute Gasteiger partial charge is 0.159 e. The van der Waals surface area contributed by atoms with Gasteiger partial charge in [-0.2, -0.15) is 5.10 Å². The van der Waals surface area contributed by atoms with Crippen molar-refractivity contribution in [2.45, 2.75) is 12.8 Å². The predicted molar refractivity (Wildman–Crippen MR) is 147 cm³/mol. The van der Waals surface area contributed by atoms with Crippen LogP contribution in [0.15, 0.2) is 73.4 Å². The highest BCUT2D eigenvalue weighted by molar-refractivity contribution is 5.97. The molecule has 1 aliphatic heterocycles. The molecule has 5 aromatic heterocycles. The average Bonchev–Trinajstić information content (AvgIpc) is 3.73. The Morgan fingerprint density at radius 1 is 0.895 bits per heavy atom. The first-order valence-electron chi connectivity index (χ1n) is 12.9. The molecule has 188 valence electrons. The van der Waals surface area contributed by atoms with Crippen LogP contribution < -0.4 is 4.74 Å². The number of ether oxygens (including phenoxy) is 1. The molecule has 2 N–H and O–H groups in total. The largest absolute Gasteiger partial charge is 0.491 e. The number of hydrogen-bond donors (Lipinski definition) is 2. The summed E-state index contributed by atoms with van der Waals surface area (Å²) in [4.78, 5) is 24.0. The van der Waals surface area contributed by atoms with Gasteiger partial charge in [0.2, 0.25) is 0 Å². The van der Waals surface area contributed by atoms with E-state index in [4.69, 9.17) is 9.72 Å². The summed E-state index contributed by atoms with van der Waals surface area (Å²) in [7, 11) is 0. The normalized spacial score (nSPS) is 14.0. The van der Waals surface area contributed by atoms with Crippen LogP contribution in [0.2, 0.25) is 0 Å². The topological polar surface area (TPSA) is 108 Å². The lowest BCUT2D eigenvalue weighted by Gasteiger charge is -2.15. The number of aromatic amines is 2. The van der Waals surface area contributed by atoms with E-state index in [9.17, 15) is 0 Å². The molecule has 9 heteroatoms. The minimum absolute atomic E-state index is 0.650. The highest BCUT2D eigenvalue weighted by Gasteiger charge is 2.17. The van der Waals surface area contributed by atoms with E-state index < -0.39 is 0 Å². The third-order valence-electron chi connectivity index (χ3n) is 7.06. The average molecular weight is 503 g/mol. The predicted octanol–water partition coefficient (Wildman–Crippen LogP) is 5.10. The Bertz CT molecular complexity index is 1720. The van der Waals surface area contributed by atoms with Crippen LogP contribution in [0.25, 0.3) is 55.8 Å². The van der Waals surface area contributed by atoms with Gasteiger partial charge in [-0.15, -0.1) is 0 Å². The first-order valence-corrected chi connectivity index (χ1v) is 12.9. The molecule has 1 aliphatic rings. The van der Waals surface area contributed by atoms with Gasteiger partial charge in [0.05, 0.1) is 34.6 Å². The van der Waals surface area contributed by atoms with Gasteiger partial charge in [0.15, 0.2) is 5.82 Å². The number of aromatic nitrogens is 7. The molecule has 38 heavy (non-hydrogen) atoms. The van der Waals surface area contributed by atoms with Crippen LogP contribution in [0.3, 0.4) is 0 Å². The maximum atomic E-state index is 6.01. The SMILES string of the molecule is c1cc(-c2ccncc2)c2nc(-c3n[nH]c4cnc(-c5cncc(OCCN6CCCC6)c5)cc34)[nH]c2c1. The number of rotatable bonds is 7. The van der Waals surface area contributed by atoms with Crippen molar-refractivity contribution in [3.8, 4) is 39.7 Å². The lowest BCUT2D eigenvalue weighted by Crippen LogP contribution is -2.25. The zero-order valence-electron chi connectivity index (χ0n) is 20.8. The Hall–Kier alpha value is -4.63. The van der Waals surface area contributed by atoms with E-state index in [-0.39, 0.29) is 0 Å². The van der Waals surface area contributed by atoms with Crippen molar-refractivity contribution in [2.75, 3.05) is 26.2 Å². The molecule has 0 unspecified atom stereocenters. The van der Waals surface area contributed by atoms with E-state index >= 15 is 0 Å². The van der Waals surface area contributed by atoms with Gasteiger partial charge in [-0.1, -0.05) is 12.1 Å². The number of para-hydroxylation sites is 1. The van der Waals surface area contributed by atoms with Crippen molar-refractivity contribution in [3.05, 3.63) is 73.4 Å². The molecule has 0 radical (unpaired) electrons. The molecule has 0 amide bonds. The molecule has 0 atom stereocenters. The molecule has 1 saturated heterocycles. The van der Waals surface area contributed by atoms with E-state index in [2.05, 4.69) is 41.1 Å². The number of pyridine rings is 3. The number of hydrogen-bond acceptors (Lipinski definition) is 7. The summed E-state index contributed by atoms with van der Waals surface area (Å²) < 4.78 is 6.01. The van der Waals surface area contributed by atoms with Gasteiger partial charge in [-0.25, -0.2) is 4.98 Å². The zero-order chi connectivity index (χ0) is 25.3. The molecule has 0 aliphatic carbocycles. The van der Waals surface area contributed by atoms with Crippen LogP contribution in [0, 0.1) is 0 Å². The minimum Gasteiger partial charge on any atom is -0.491 e. The molecule has 6 heterocycles. The second-order valence-corrected chi connectivity index (χ2v) is 9.52. The van der Waals surface area contributed by atoms with Gasteiger partial charge in [0.25, 0.3) is 0 Å². The molecule has 7 rings (SSSR count). The molecule has 0 saturated carbocycles. The van der Waals surface area contributed by atoms with Crippen LogP contribution in [0.4, 0.5) is 0 Å². The summed E-state index contributed by atoms with van der Waals surface area (Å²) in [5.41, 5.74) is 7.22. The Morgan fingerprint density at radius 2 is 1.79 bits per heavy atom. The summed E-state index contributed by atoms with van der Waals surface area (Å²) in [6, 6.07) is 14.1. The van der Waals surface area contributed by atoms with Crippen LogP contribution in [0.1, 0.15) is 12.8 Å². The van der Waals surface area contributed by atoms with Crippen LogP contribution in [0.5, 0.6) is 5.75 Å². The standard InChI is InChI=1S/C29H26N8O/c1-2-11-37(10-1)12-13-38-21-14-20(16-31-17-21)25-15-23-26(18-32-25)35-36-28(23)29-33-24-5-3-4-22(27(24)34-29)19-6-8-30-9-7-19/h3-9,14-18H,1-2,10-13H2,(H,33,34)(H,35,36). The highest BCUT2D eigenvalue weighted by Crippen LogP contribution is 2.32. The molecule has 9 nitrogen and oxygen atoms in total. The molecule has 6 aromatic rings. The Morgan fingerprint density at radius 3 is 2.68 bits per heavy atom. The van der Waals surface area contributed by atoms with Crippen molar-refractivity contribution >= 4 is 21.9 Å². The quantitative estimate of drug-likeness (QED) is 0.313. The van der Waals surface area contributed by atoms with Crippen LogP contribution >= 0.6 is 0 Å². The lowest BCUT2D eigenvalue weighted by atomic mass is 10.1.